The largest absolute Gasteiger partial charge is 0.391 e. The summed E-state index contributed by atoms with van der Waals surface area (Å²) < 4.78 is 1.77. The molecule has 6 nitrogen and oxygen atoms in total. The molecule has 0 spiro atoms. The minimum absolute atomic E-state index is 0.198. The lowest BCUT2D eigenvalue weighted by molar-refractivity contribution is 0.0585. The fourth-order valence-electron chi connectivity index (χ4n) is 2.63. The Labute approximate surface area is 148 Å². The van der Waals surface area contributed by atoms with Crippen LogP contribution >= 0.6 is 0 Å². The van der Waals surface area contributed by atoms with E-state index in [0.717, 1.165) is 24.2 Å². The first kappa shape index (κ1) is 17.6. The number of nitrogens with one attached hydrogen (secondary N) is 1. The number of hydrogen-bond donors (Lipinski definition) is 2. The Morgan fingerprint density at radius 2 is 1.96 bits per heavy atom. The van der Waals surface area contributed by atoms with Crippen LogP contribution in [0.15, 0.2) is 24.3 Å². The molecule has 1 unspecified atom stereocenters. The molecule has 1 atom stereocenters. The highest BCUT2D eigenvalue weighted by Crippen LogP contribution is 2.42. The van der Waals surface area contributed by atoms with E-state index in [0.29, 0.717) is 11.6 Å². The van der Waals surface area contributed by atoms with E-state index in [4.69, 9.17) is 0 Å². The summed E-state index contributed by atoms with van der Waals surface area (Å²) >= 11 is 0. The zero-order valence-corrected chi connectivity index (χ0v) is 15.3. The molecule has 25 heavy (non-hydrogen) atoms. The van der Waals surface area contributed by atoms with Crippen molar-refractivity contribution < 1.29 is 9.90 Å². The first-order valence-corrected chi connectivity index (χ1v) is 8.76. The second-order valence-electron chi connectivity index (χ2n) is 7.94. The van der Waals surface area contributed by atoms with Crippen LogP contribution in [0.25, 0.3) is 5.69 Å². The quantitative estimate of drug-likeness (QED) is 0.875. The molecule has 1 aliphatic rings. The molecule has 1 heterocycles. The summed E-state index contributed by atoms with van der Waals surface area (Å²) in [6, 6.07) is 8.02. The van der Waals surface area contributed by atoms with Gasteiger partial charge in [-0.15, -0.1) is 5.10 Å². The smallest absolute Gasteiger partial charge is 0.273 e. The van der Waals surface area contributed by atoms with Crippen LogP contribution in [0.4, 0.5) is 0 Å². The van der Waals surface area contributed by atoms with Crippen molar-refractivity contribution in [2.45, 2.75) is 52.6 Å². The minimum Gasteiger partial charge on any atom is -0.391 e. The highest BCUT2D eigenvalue weighted by Gasteiger charge is 2.34. The van der Waals surface area contributed by atoms with Crippen molar-refractivity contribution in [1.29, 1.82) is 0 Å². The lowest BCUT2D eigenvalue weighted by Gasteiger charge is -2.25. The average molecular weight is 342 g/mol. The summed E-state index contributed by atoms with van der Waals surface area (Å²) in [6.45, 7) is 8.05. The van der Waals surface area contributed by atoms with Gasteiger partial charge < -0.3 is 10.4 Å². The Morgan fingerprint density at radius 3 is 2.52 bits per heavy atom. The van der Waals surface area contributed by atoms with Gasteiger partial charge in [-0.3, -0.25) is 4.79 Å². The normalized spacial score (nSPS) is 15.9. The summed E-state index contributed by atoms with van der Waals surface area (Å²) in [5.41, 5.74) is 3.03. The molecule has 1 aliphatic carbocycles. The van der Waals surface area contributed by atoms with Gasteiger partial charge in [0.2, 0.25) is 0 Å². The number of hydrogen-bond acceptors (Lipinski definition) is 4. The van der Waals surface area contributed by atoms with Gasteiger partial charge in [-0.2, -0.15) is 0 Å². The van der Waals surface area contributed by atoms with Crippen LogP contribution < -0.4 is 5.32 Å². The Kier molecular flexibility index (Phi) is 4.64. The third kappa shape index (κ3) is 3.90. The lowest BCUT2D eigenvalue weighted by Crippen LogP contribution is -2.39. The number of aromatic nitrogens is 3. The number of aliphatic hydroxyl groups is 1. The summed E-state index contributed by atoms with van der Waals surface area (Å²) in [6.07, 6.45) is 1.47. The van der Waals surface area contributed by atoms with E-state index in [1.165, 1.54) is 5.56 Å². The van der Waals surface area contributed by atoms with Crippen LogP contribution in [0.1, 0.15) is 61.3 Å². The molecule has 1 amide bonds. The van der Waals surface area contributed by atoms with E-state index in [-0.39, 0.29) is 17.9 Å². The molecule has 2 N–H and O–H groups in total. The Hall–Kier alpha value is -2.21. The van der Waals surface area contributed by atoms with Gasteiger partial charge in [-0.25, -0.2) is 4.68 Å². The number of nitrogens with zero attached hydrogens (tertiary/aromatic N) is 3. The zero-order valence-electron chi connectivity index (χ0n) is 15.3. The average Bonchev–Trinajstić information content (AvgIpc) is 3.30. The number of carbonyl (C=O) groups is 1. The summed E-state index contributed by atoms with van der Waals surface area (Å²) in [5.74, 6) is 0.0492. The number of carbonyl (C=O) groups excluding carboxylic acids is 1. The predicted octanol–water partition coefficient (Wildman–Crippen LogP) is 2.59. The van der Waals surface area contributed by atoms with E-state index in [2.05, 4.69) is 15.6 Å². The number of aryl methyl sites for hydroxylation is 1. The molecule has 1 aromatic heterocycles. The second kappa shape index (κ2) is 6.59. The van der Waals surface area contributed by atoms with E-state index in [9.17, 15) is 9.90 Å². The molecule has 1 saturated carbocycles. The lowest BCUT2D eigenvalue weighted by atomic mass is 9.89. The fourth-order valence-corrected chi connectivity index (χ4v) is 2.63. The molecule has 1 aromatic carbocycles. The van der Waals surface area contributed by atoms with Gasteiger partial charge in [0.1, 0.15) is 0 Å². The van der Waals surface area contributed by atoms with Gasteiger partial charge in [-0.1, -0.05) is 43.7 Å². The highest BCUT2D eigenvalue weighted by molar-refractivity contribution is 5.93. The van der Waals surface area contributed by atoms with Crippen molar-refractivity contribution in [2.75, 3.05) is 6.54 Å². The number of aliphatic hydroxyl groups excluding tert-OH is 1. The van der Waals surface area contributed by atoms with Crippen LogP contribution in [0.5, 0.6) is 0 Å². The number of rotatable bonds is 5. The van der Waals surface area contributed by atoms with Crippen LogP contribution in [0.3, 0.4) is 0 Å². The standard InChI is InChI=1S/C19H26N4O2/c1-12-5-9-14(10-6-12)23-17(13-7-8-13)16(21-22-23)18(25)20-11-15(24)19(2,3)4/h5-6,9-10,13,15,24H,7-8,11H2,1-4H3,(H,20,25). The van der Waals surface area contributed by atoms with Crippen LogP contribution in [-0.4, -0.2) is 38.7 Å². The third-order valence-electron chi connectivity index (χ3n) is 4.62. The maximum absolute atomic E-state index is 12.6. The van der Waals surface area contributed by atoms with Crippen LogP contribution in [0, 0.1) is 12.3 Å². The molecule has 1 fully saturated rings. The van der Waals surface area contributed by atoms with Crippen molar-refractivity contribution in [3.63, 3.8) is 0 Å². The molecule has 3 rings (SSSR count). The number of benzene rings is 1. The van der Waals surface area contributed by atoms with E-state index >= 15 is 0 Å². The van der Waals surface area contributed by atoms with Crippen LogP contribution in [-0.2, 0) is 0 Å². The van der Waals surface area contributed by atoms with Gasteiger partial charge in [0.25, 0.3) is 5.91 Å². The SMILES string of the molecule is Cc1ccc(-n2nnc(C(=O)NCC(O)C(C)(C)C)c2C2CC2)cc1. The highest BCUT2D eigenvalue weighted by atomic mass is 16.3. The Bertz CT molecular complexity index is 755. The van der Waals surface area contributed by atoms with E-state index in [1.54, 1.807) is 4.68 Å². The first-order chi connectivity index (χ1) is 11.8. The molecular formula is C19H26N4O2. The monoisotopic (exact) mass is 342 g/mol. The molecular weight excluding hydrogens is 316 g/mol. The van der Waals surface area contributed by atoms with Gasteiger partial charge >= 0.3 is 0 Å². The second-order valence-corrected chi connectivity index (χ2v) is 7.94. The predicted molar refractivity (Wildman–Crippen MR) is 95.9 cm³/mol. The van der Waals surface area contributed by atoms with Crippen molar-refractivity contribution in [3.8, 4) is 5.69 Å². The summed E-state index contributed by atoms with van der Waals surface area (Å²) in [4.78, 5) is 12.6. The van der Waals surface area contributed by atoms with E-state index in [1.807, 2.05) is 52.0 Å². The van der Waals surface area contributed by atoms with Gasteiger partial charge in [0, 0.05) is 12.5 Å². The summed E-state index contributed by atoms with van der Waals surface area (Å²) in [7, 11) is 0. The summed E-state index contributed by atoms with van der Waals surface area (Å²) in [5, 5.41) is 21.3. The van der Waals surface area contributed by atoms with Gasteiger partial charge in [0.05, 0.1) is 17.5 Å². The van der Waals surface area contributed by atoms with Crippen molar-refractivity contribution >= 4 is 5.91 Å². The Balaban J connectivity index is 1.82. The molecule has 0 aliphatic heterocycles. The fraction of sp³-hybridized carbons (Fsp3) is 0.526. The topological polar surface area (TPSA) is 80.0 Å². The van der Waals surface area contributed by atoms with Crippen molar-refractivity contribution in [1.82, 2.24) is 20.3 Å². The molecule has 0 bridgehead atoms. The zero-order chi connectivity index (χ0) is 18.2. The van der Waals surface area contributed by atoms with Crippen molar-refractivity contribution in [3.05, 3.63) is 41.2 Å². The van der Waals surface area contributed by atoms with Gasteiger partial charge in [-0.05, 0) is 37.3 Å². The molecule has 2 aromatic rings. The van der Waals surface area contributed by atoms with Gasteiger partial charge in [0.15, 0.2) is 5.69 Å². The number of amides is 1. The van der Waals surface area contributed by atoms with Crippen molar-refractivity contribution in [2.24, 2.45) is 5.41 Å². The third-order valence-corrected chi connectivity index (χ3v) is 4.62. The van der Waals surface area contributed by atoms with Crippen LogP contribution in [0.2, 0.25) is 0 Å². The molecule has 6 heteroatoms. The maximum Gasteiger partial charge on any atom is 0.273 e. The molecule has 0 saturated heterocycles. The Morgan fingerprint density at radius 1 is 1.32 bits per heavy atom. The minimum atomic E-state index is -0.618. The maximum atomic E-state index is 12.6. The molecule has 0 radical (unpaired) electrons. The first-order valence-electron chi connectivity index (χ1n) is 8.76. The molecule has 134 valence electrons. The van der Waals surface area contributed by atoms with E-state index < -0.39 is 6.10 Å².